The molecule has 0 unspecified atom stereocenters. The Balaban J connectivity index is 1.36. The van der Waals surface area contributed by atoms with Gasteiger partial charge in [-0.05, 0) is 6.92 Å². The molecule has 0 atom stereocenters. The van der Waals surface area contributed by atoms with Crippen LogP contribution in [-0.4, -0.2) is 74.7 Å². The minimum Gasteiger partial charge on any atom is -0.336 e. The molecular weight excluding hydrogens is 314 g/mol. The van der Waals surface area contributed by atoms with Crippen LogP contribution >= 0.6 is 11.3 Å². The van der Waals surface area contributed by atoms with Crippen LogP contribution in [0.5, 0.6) is 0 Å². The van der Waals surface area contributed by atoms with E-state index in [-0.39, 0.29) is 5.91 Å². The second-order valence-electron chi connectivity index (χ2n) is 5.59. The molecule has 1 aliphatic heterocycles. The summed E-state index contributed by atoms with van der Waals surface area (Å²) in [5.74, 6) is -0.0204. The van der Waals surface area contributed by atoms with Crippen molar-refractivity contribution in [2.75, 3.05) is 44.6 Å². The maximum Gasteiger partial charge on any atom is 0.240 e. The number of rotatable bonds is 6. The van der Waals surface area contributed by atoms with Crippen molar-refractivity contribution >= 4 is 22.4 Å². The molecule has 0 aliphatic carbocycles. The van der Waals surface area contributed by atoms with E-state index in [0.717, 1.165) is 44.3 Å². The Kier molecular flexibility index (Phi) is 5.31. The van der Waals surface area contributed by atoms with Crippen LogP contribution in [0, 0.1) is 6.92 Å². The molecule has 9 heteroatoms. The van der Waals surface area contributed by atoms with Crippen molar-refractivity contribution in [3.63, 3.8) is 0 Å². The molecule has 0 bridgehead atoms. The maximum absolute atomic E-state index is 12.0. The van der Waals surface area contributed by atoms with Crippen LogP contribution in [0.1, 0.15) is 5.01 Å². The molecule has 8 nitrogen and oxygen atoms in total. The molecule has 0 aromatic carbocycles. The average Bonchev–Trinajstić information content (AvgIpc) is 3.18. The van der Waals surface area contributed by atoms with Crippen molar-refractivity contribution in [1.82, 2.24) is 29.5 Å². The molecule has 23 heavy (non-hydrogen) atoms. The van der Waals surface area contributed by atoms with Gasteiger partial charge in [0, 0.05) is 51.7 Å². The van der Waals surface area contributed by atoms with E-state index in [4.69, 9.17) is 0 Å². The second kappa shape index (κ2) is 7.62. The number of carbonyl (C=O) groups is 1. The van der Waals surface area contributed by atoms with Crippen LogP contribution in [0.4, 0.5) is 5.13 Å². The average molecular weight is 335 g/mol. The van der Waals surface area contributed by atoms with Gasteiger partial charge in [-0.2, -0.15) is 0 Å². The van der Waals surface area contributed by atoms with Crippen molar-refractivity contribution in [3.05, 3.63) is 23.7 Å². The van der Waals surface area contributed by atoms with Crippen LogP contribution in [0.25, 0.3) is 0 Å². The van der Waals surface area contributed by atoms with Gasteiger partial charge in [-0.3, -0.25) is 19.9 Å². The van der Waals surface area contributed by atoms with Gasteiger partial charge < -0.3 is 4.57 Å². The first-order chi connectivity index (χ1) is 11.2. The van der Waals surface area contributed by atoms with Crippen molar-refractivity contribution in [3.8, 4) is 0 Å². The lowest BCUT2D eigenvalue weighted by Gasteiger charge is -2.34. The van der Waals surface area contributed by atoms with E-state index in [1.54, 1.807) is 6.20 Å². The summed E-state index contributed by atoms with van der Waals surface area (Å²) < 4.78 is 2.09. The standard InChI is InChI=1S/C14H21N7OS/c1-12-17-18-14(23-12)16-13(22)10-20-7-4-19(5-8-20)6-9-21-3-2-15-11-21/h2-3,11H,4-10H2,1H3,(H,16,18,22). The van der Waals surface area contributed by atoms with Gasteiger partial charge >= 0.3 is 0 Å². The molecule has 1 saturated heterocycles. The first-order valence-electron chi connectivity index (χ1n) is 7.69. The second-order valence-corrected chi connectivity index (χ2v) is 6.77. The lowest BCUT2D eigenvalue weighted by molar-refractivity contribution is -0.117. The lowest BCUT2D eigenvalue weighted by Crippen LogP contribution is -2.49. The summed E-state index contributed by atoms with van der Waals surface area (Å²) in [7, 11) is 0. The molecule has 1 N–H and O–H groups in total. The normalized spacial score (nSPS) is 16.6. The number of nitrogens with one attached hydrogen (secondary N) is 1. The minimum atomic E-state index is -0.0204. The third-order valence-electron chi connectivity index (χ3n) is 3.84. The highest BCUT2D eigenvalue weighted by Crippen LogP contribution is 2.13. The number of aromatic nitrogens is 4. The molecule has 3 rings (SSSR count). The minimum absolute atomic E-state index is 0.0204. The van der Waals surface area contributed by atoms with E-state index >= 15 is 0 Å². The monoisotopic (exact) mass is 335 g/mol. The predicted molar refractivity (Wildman–Crippen MR) is 88.4 cm³/mol. The van der Waals surface area contributed by atoms with E-state index in [0.29, 0.717) is 11.7 Å². The Morgan fingerprint density at radius 1 is 1.22 bits per heavy atom. The summed E-state index contributed by atoms with van der Waals surface area (Å²) in [6.07, 6.45) is 5.63. The number of amides is 1. The van der Waals surface area contributed by atoms with Gasteiger partial charge in [-0.1, -0.05) is 11.3 Å². The quantitative estimate of drug-likeness (QED) is 0.818. The topological polar surface area (TPSA) is 79.2 Å². The van der Waals surface area contributed by atoms with E-state index in [1.807, 2.05) is 19.4 Å². The molecular formula is C14H21N7OS. The lowest BCUT2D eigenvalue weighted by atomic mass is 10.3. The number of aryl methyl sites for hydroxylation is 1. The molecule has 3 heterocycles. The van der Waals surface area contributed by atoms with E-state index in [2.05, 4.69) is 34.9 Å². The summed E-state index contributed by atoms with van der Waals surface area (Å²) in [5.41, 5.74) is 0. The van der Waals surface area contributed by atoms with Crippen LogP contribution in [-0.2, 0) is 11.3 Å². The van der Waals surface area contributed by atoms with Crippen molar-refractivity contribution in [2.45, 2.75) is 13.5 Å². The number of nitrogens with zero attached hydrogens (tertiary/aromatic N) is 6. The number of hydrogen-bond acceptors (Lipinski definition) is 7. The molecule has 1 fully saturated rings. The Morgan fingerprint density at radius 3 is 2.65 bits per heavy atom. The van der Waals surface area contributed by atoms with E-state index in [9.17, 15) is 4.79 Å². The number of piperazine rings is 1. The Hall–Kier alpha value is -1.84. The summed E-state index contributed by atoms with van der Waals surface area (Å²) in [5, 5.41) is 12.0. The highest BCUT2D eigenvalue weighted by Gasteiger charge is 2.19. The van der Waals surface area contributed by atoms with Crippen LogP contribution in [0.2, 0.25) is 0 Å². The molecule has 1 amide bonds. The molecule has 0 spiro atoms. The molecule has 0 radical (unpaired) electrons. The Labute approximate surface area is 139 Å². The highest BCUT2D eigenvalue weighted by atomic mass is 32.1. The largest absolute Gasteiger partial charge is 0.336 e. The molecule has 124 valence electrons. The SMILES string of the molecule is Cc1nnc(NC(=O)CN2CCN(CCn3ccnc3)CC2)s1. The predicted octanol–water partition coefficient (Wildman–Crippen LogP) is 0.299. The smallest absolute Gasteiger partial charge is 0.240 e. The van der Waals surface area contributed by atoms with Crippen LogP contribution in [0.15, 0.2) is 18.7 Å². The summed E-state index contributed by atoms with van der Waals surface area (Å²) in [4.78, 5) is 20.7. The van der Waals surface area contributed by atoms with Crippen LogP contribution in [0.3, 0.4) is 0 Å². The Bertz CT molecular complexity index is 619. The third-order valence-corrected chi connectivity index (χ3v) is 4.59. The van der Waals surface area contributed by atoms with Gasteiger partial charge in [0.05, 0.1) is 12.9 Å². The van der Waals surface area contributed by atoms with Crippen molar-refractivity contribution in [1.29, 1.82) is 0 Å². The fourth-order valence-corrected chi connectivity index (χ4v) is 3.16. The Morgan fingerprint density at radius 2 is 2.00 bits per heavy atom. The number of anilines is 1. The first kappa shape index (κ1) is 16.0. The fraction of sp³-hybridized carbons (Fsp3) is 0.571. The van der Waals surface area contributed by atoms with Gasteiger partial charge in [-0.25, -0.2) is 4.98 Å². The zero-order valence-corrected chi connectivity index (χ0v) is 14.0. The molecule has 0 saturated carbocycles. The zero-order chi connectivity index (χ0) is 16.1. The van der Waals surface area contributed by atoms with Gasteiger partial charge in [0.1, 0.15) is 5.01 Å². The van der Waals surface area contributed by atoms with Crippen molar-refractivity contribution < 1.29 is 4.79 Å². The highest BCUT2D eigenvalue weighted by molar-refractivity contribution is 7.15. The van der Waals surface area contributed by atoms with Gasteiger partial charge in [0.2, 0.25) is 11.0 Å². The summed E-state index contributed by atoms with van der Waals surface area (Å²) in [6, 6.07) is 0. The molecule has 2 aromatic heterocycles. The zero-order valence-electron chi connectivity index (χ0n) is 13.2. The first-order valence-corrected chi connectivity index (χ1v) is 8.51. The summed E-state index contributed by atoms with van der Waals surface area (Å²) in [6.45, 7) is 8.04. The number of imidazole rings is 1. The molecule has 1 aliphatic rings. The molecule has 2 aromatic rings. The van der Waals surface area contributed by atoms with Gasteiger partial charge in [0.15, 0.2) is 0 Å². The summed E-state index contributed by atoms with van der Waals surface area (Å²) >= 11 is 1.40. The van der Waals surface area contributed by atoms with Gasteiger partial charge in [-0.15, -0.1) is 10.2 Å². The van der Waals surface area contributed by atoms with Crippen LogP contribution < -0.4 is 5.32 Å². The number of hydrogen-bond donors (Lipinski definition) is 1. The van der Waals surface area contributed by atoms with E-state index < -0.39 is 0 Å². The van der Waals surface area contributed by atoms with Crippen molar-refractivity contribution in [2.24, 2.45) is 0 Å². The fourth-order valence-electron chi connectivity index (χ4n) is 2.56. The van der Waals surface area contributed by atoms with Gasteiger partial charge in [0.25, 0.3) is 0 Å². The maximum atomic E-state index is 12.0. The third kappa shape index (κ3) is 4.81. The number of carbonyl (C=O) groups excluding carboxylic acids is 1. The van der Waals surface area contributed by atoms with E-state index in [1.165, 1.54) is 11.3 Å².